The van der Waals surface area contributed by atoms with Crippen molar-refractivity contribution in [3.05, 3.63) is 69.7 Å². The van der Waals surface area contributed by atoms with E-state index in [9.17, 15) is 9.59 Å². The number of amides is 1. The van der Waals surface area contributed by atoms with Crippen molar-refractivity contribution in [1.29, 1.82) is 0 Å². The highest BCUT2D eigenvalue weighted by Gasteiger charge is 2.07. The summed E-state index contributed by atoms with van der Waals surface area (Å²) in [6.45, 7) is 2.37. The van der Waals surface area contributed by atoms with E-state index in [1.807, 2.05) is 25.1 Å². The van der Waals surface area contributed by atoms with E-state index in [-0.39, 0.29) is 11.5 Å². The lowest BCUT2D eigenvalue weighted by Crippen LogP contribution is -2.21. The molecule has 0 aliphatic carbocycles. The average Bonchev–Trinajstić information content (AvgIpc) is 2.60. The number of hydrogen-bond acceptors (Lipinski definition) is 3. The fourth-order valence-electron chi connectivity index (χ4n) is 2.61. The quantitative estimate of drug-likeness (QED) is 0.757. The molecule has 0 unspecified atom stereocenters. The Morgan fingerprint density at radius 2 is 2.04 bits per heavy atom. The third kappa shape index (κ3) is 4.06. The lowest BCUT2D eigenvalue weighted by molar-refractivity contribution is -0.116. The van der Waals surface area contributed by atoms with Gasteiger partial charge in [0, 0.05) is 13.0 Å². The largest absolute Gasteiger partial charge is 0.325 e. The Morgan fingerprint density at radius 1 is 1.24 bits per heavy atom. The van der Waals surface area contributed by atoms with Gasteiger partial charge in [-0.25, -0.2) is 4.98 Å². The molecular formula is C19H18ClN3O2. The molecular weight excluding hydrogens is 338 g/mol. The maximum Gasteiger partial charge on any atom is 0.261 e. The number of para-hydroxylation sites is 1. The molecule has 0 aliphatic heterocycles. The van der Waals surface area contributed by atoms with Gasteiger partial charge in [-0.15, -0.1) is 0 Å². The molecule has 25 heavy (non-hydrogen) atoms. The van der Waals surface area contributed by atoms with Gasteiger partial charge in [0.15, 0.2) is 0 Å². The molecule has 0 saturated heterocycles. The summed E-state index contributed by atoms with van der Waals surface area (Å²) >= 11 is 6.11. The van der Waals surface area contributed by atoms with Crippen molar-refractivity contribution in [3.8, 4) is 0 Å². The maximum absolute atomic E-state index is 12.4. The van der Waals surface area contributed by atoms with E-state index in [1.165, 1.54) is 10.9 Å². The Morgan fingerprint density at radius 3 is 2.84 bits per heavy atom. The van der Waals surface area contributed by atoms with Crippen LogP contribution in [0, 0.1) is 6.92 Å². The van der Waals surface area contributed by atoms with Gasteiger partial charge in [0.1, 0.15) is 0 Å². The highest BCUT2D eigenvalue weighted by molar-refractivity contribution is 6.33. The molecule has 3 rings (SSSR count). The van der Waals surface area contributed by atoms with Gasteiger partial charge in [-0.2, -0.15) is 0 Å². The molecule has 0 atom stereocenters. The molecule has 128 valence electrons. The normalized spacial score (nSPS) is 10.8. The molecule has 6 heteroatoms. The number of halogens is 1. The second kappa shape index (κ2) is 7.49. The lowest BCUT2D eigenvalue weighted by atomic mass is 10.2. The Bertz CT molecular complexity index is 982. The summed E-state index contributed by atoms with van der Waals surface area (Å²) in [7, 11) is 0. The van der Waals surface area contributed by atoms with Crippen LogP contribution in [0.5, 0.6) is 0 Å². The minimum atomic E-state index is -0.132. The van der Waals surface area contributed by atoms with Crippen molar-refractivity contribution in [3.63, 3.8) is 0 Å². The van der Waals surface area contributed by atoms with Crippen LogP contribution in [0.1, 0.15) is 18.4 Å². The number of anilines is 1. The Labute approximate surface area is 150 Å². The summed E-state index contributed by atoms with van der Waals surface area (Å²) in [5.41, 5.74) is 2.22. The number of fused-ring (bicyclic) bond motifs is 1. The van der Waals surface area contributed by atoms with Crippen LogP contribution in [0.25, 0.3) is 10.9 Å². The number of nitrogens with one attached hydrogen (secondary N) is 1. The molecule has 0 fully saturated rings. The molecule has 0 radical (unpaired) electrons. The number of carbonyl (C=O) groups is 1. The smallest absolute Gasteiger partial charge is 0.261 e. The number of aryl methyl sites for hydroxylation is 2. The molecule has 1 aromatic heterocycles. The summed E-state index contributed by atoms with van der Waals surface area (Å²) in [6, 6.07) is 12.7. The second-order valence-electron chi connectivity index (χ2n) is 5.90. The number of benzene rings is 2. The van der Waals surface area contributed by atoms with Crippen molar-refractivity contribution < 1.29 is 4.79 Å². The summed E-state index contributed by atoms with van der Waals surface area (Å²) in [6.07, 6.45) is 2.36. The van der Waals surface area contributed by atoms with Crippen LogP contribution in [-0.2, 0) is 11.3 Å². The van der Waals surface area contributed by atoms with E-state index in [2.05, 4.69) is 10.3 Å². The number of rotatable bonds is 5. The molecule has 2 aromatic carbocycles. The standard InChI is InChI=1S/C19H18ClN3O2/c1-13-8-9-17(15(20)11-13)22-18(24)7-4-10-23-12-21-16-6-3-2-5-14(16)19(23)25/h2-3,5-6,8-9,11-12H,4,7,10H2,1H3,(H,22,24). The van der Waals surface area contributed by atoms with Gasteiger partial charge in [0.2, 0.25) is 5.91 Å². The fraction of sp³-hybridized carbons (Fsp3) is 0.211. The minimum Gasteiger partial charge on any atom is -0.325 e. The maximum atomic E-state index is 12.4. The molecule has 1 heterocycles. The van der Waals surface area contributed by atoms with E-state index in [4.69, 9.17) is 11.6 Å². The van der Waals surface area contributed by atoms with Gasteiger partial charge >= 0.3 is 0 Å². The molecule has 1 N–H and O–H groups in total. The first-order chi connectivity index (χ1) is 12.0. The van der Waals surface area contributed by atoms with E-state index in [1.54, 1.807) is 24.3 Å². The van der Waals surface area contributed by atoms with E-state index in [0.717, 1.165) is 5.56 Å². The monoisotopic (exact) mass is 355 g/mol. The topological polar surface area (TPSA) is 64.0 Å². The van der Waals surface area contributed by atoms with Crippen LogP contribution in [0.4, 0.5) is 5.69 Å². The highest BCUT2D eigenvalue weighted by Crippen LogP contribution is 2.22. The van der Waals surface area contributed by atoms with Crippen molar-refractivity contribution in [2.45, 2.75) is 26.3 Å². The molecule has 0 bridgehead atoms. The molecule has 0 spiro atoms. The molecule has 3 aromatic rings. The Hall–Kier alpha value is -2.66. The zero-order valence-corrected chi connectivity index (χ0v) is 14.6. The van der Waals surface area contributed by atoms with Gasteiger partial charge in [0.05, 0.1) is 27.9 Å². The van der Waals surface area contributed by atoms with Crippen LogP contribution in [0.3, 0.4) is 0 Å². The summed E-state index contributed by atoms with van der Waals surface area (Å²) in [5, 5.41) is 3.90. The molecule has 0 aliphatic rings. The van der Waals surface area contributed by atoms with E-state index < -0.39 is 0 Å². The number of hydrogen-bond donors (Lipinski definition) is 1. The van der Waals surface area contributed by atoms with Crippen LogP contribution in [0.15, 0.2) is 53.6 Å². The molecule has 5 nitrogen and oxygen atoms in total. The van der Waals surface area contributed by atoms with Crippen LogP contribution in [0.2, 0.25) is 5.02 Å². The van der Waals surface area contributed by atoms with Gasteiger partial charge in [-0.1, -0.05) is 29.8 Å². The zero-order valence-electron chi connectivity index (χ0n) is 13.8. The first kappa shape index (κ1) is 17.2. The van der Waals surface area contributed by atoms with E-state index in [0.29, 0.717) is 41.0 Å². The van der Waals surface area contributed by atoms with Crippen LogP contribution in [-0.4, -0.2) is 15.5 Å². The molecule has 1 amide bonds. The van der Waals surface area contributed by atoms with Gasteiger partial charge < -0.3 is 5.32 Å². The van der Waals surface area contributed by atoms with E-state index >= 15 is 0 Å². The number of aromatic nitrogens is 2. The van der Waals surface area contributed by atoms with Crippen molar-refractivity contribution in [1.82, 2.24) is 9.55 Å². The fourth-order valence-corrected chi connectivity index (χ4v) is 2.89. The Kier molecular flexibility index (Phi) is 5.14. The second-order valence-corrected chi connectivity index (χ2v) is 6.30. The van der Waals surface area contributed by atoms with Gasteiger partial charge in [-0.05, 0) is 43.2 Å². The first-order valence-corrected chi connectivity index (χ1v) is 8.42. The molecule has 0 saturated carbocycles. The minimum absolute atomic E-state index is 0.0902. The third-order valence-electron chi connectivity index (χ3n) is 3.93. The highest BCUT2D eigenvalue weighted by atomic mass is 35.5. The summed E-state index contributed by atoms with van der Waals surface area (Å²) < 4.78 is 1.54. The van der Waals surface area contributed by atoms with Gasteiger partial charge in [-0.3, -0.25) is 14.2 Å². The predicted octanol–water partition coefficient (Wildman–Crippen LogP) is 3.78. The Balaban J connectivity index is 1.60. The van der Waals surface area contributed by atoms with Gasteiger partial charge in [0.25, 0.3) is 5.56 Å². The number of carbonyl (C=O) groups excluding carboxylic acids is 1. The average molecular weight is 356 g/mol. The van der Waals surface area contributed by atoms with Crippen LogP contribution < -0.4 is 10.9 Å². The zero-order chi connectivity index (χ0) is 17.8. The van der Waals surface area contributed by atoms with Crippen molar-refractivity contribution >= 4 is 34.1 Å². The number of nitrogens with zero attached hydrogens (tertiary/aromatic N) is 2. The van der Waals surface area contributed by atoms with Crippen molar-refractivity contribution in [2.24, 2.45) is 0 Å². The summed E-state index contributed by atoms with van der Waals surface area (Å²) in [5.74, 6) is -0.132. The predicted molar refractivity (Wildman–Crippen MR) is 100 cm³/mol. The third-order valence-corrected chi connectivity index (χ3v) is 4.25. The van der Waals surface area contributed by atoms with Crippen molar-refractivity contribution in [2.75, 3.05) is 5.32 Å². The first-order valence-electron chi connectivity index (χ1n) is 8.05. The SMILES string of the molecule is Cc1ccc(NC(=O)CCCn2cnc3ccccc3c2=O)c(Cl)c1. The lowest BCUT2D eigenvalue weighted by Gasteiger charge is -2.09. The van der Waals surface area contributed by atoms with Crippen LogP contribution >= 0.6 is 11.6 Å². The summed E-state index contributed by atoms with van der Waals surface area (Å²) in [4.78, 5) is 28.7.